The molecule has 90 valence electrons. The molecule has 0 spiro atoms. The van der Waals surface area contributed by atoms with Gasteiger partial charge < -0.3 is 5.73 Å². The fourth-order valence-corrected chi connectivity index (χ4v) is 2.52. The molecule has 17 heavy (non-hydrogen) atoms. The molecule has 0 radical (unpaired) electrons. The van der Waals surface area contributed by atoms with Crippen molar-refractivity contribution in [3.8, 4) is 0 Å². The number of rotatable bonds is 5. The van der Waals surface area contributed by atoms with Crippen LogP contribution in [0.4, 0.5) is 0 Å². The molecule has 0 atom stereocenters. The summed E-state index contributed by atoms with van der Waals surface area (Å²) >= 11 is 1.79. The van der Waals surface area contributed by atoms with Crippen molar-refractivity contribution in [3.05, 3.63) is 52.0 Å². The van der Waals surface area contributed by atoms with Crippen LogP contribution in [0.3, 0.4) is 0 Å². The standard InChI is InChI=1S/C13H17N3S/c1-16(10-13-6-3-7-17-13)9-12-5-2-4-11(8-14)15-12/h2-7H,8-10,14H2,1H3. The molecule has 3 nitrogen and oxygen atoms in total. The second-order valence-electron chi connectivity index (χ2n) is 4.08. The smallest absolute Gasteiger partial charge is 0.0547 e. The molecule has 0 aliphatic heterocycles. The van der Waals surface area contributed by atoms with Gasteiger partial charge in [-0.3, -0.25) is 9.88 Å². The Hall–Kier alpha value is -1.23. The molecule has 0 saturated heterocycles. The van der Waals surface area contributed by atoms with Crippen molar-refractivity contribution in [1.82, 2.24) is 9.88 Å². The number of hydrogen-bond donors (Lipinski definition) is 1. The molecular formula is C13H17N3S. The van der Waals surface area contributed by atoms with Crippen molar-refractivity contribution >= 4 is 11.3 Å². The Morgan fingerprint density at radius 2 is 2.00 bits per heavy atom. The first kappa shape index (κ1) is 12.2. The first-order valence-electron chi connectivity index (χ1n) is 5.63. The number of nitrogens with zero attached hydrogens (tertiary/aromatic N) is 2. The van der Waals surface area contributed by atoms with Crippen LogP contribution in [0.25, 0.3) is 0 Å². The lowest BCUT2D eigenvalue weighted by atomic mass is 10.3. The summed E-state index contributed by atoms with van der Waals surface area (Å²) < 4.78 is 0. The summed E-state index contributed by atoms with van der Waals surface area (Å²) in [5, 5.41) is 2.11. The Morgan fingerprint density at radius 1 is 1.18 bits per heavy atom. The van der Waals surface area contributed by atoms with Gasteiger partial charge in [-0.1, -0.05) is 12.1 Å². The van der Waals surface area contributed by atoms with E-state index in [1.165, 1.54) is 4.88 Å². The van der Waals surface area contributed by atoms with Crippen molar-refractivity contribution in [3.63, 3.8) is 0 Å². The highest BCUT2D eigenvalue weighted by atomic mass is 32.1. The van der Waals surface area contributed by atoms with Crippen molar-refractivity contribution < 1.29 is 0 Å². The molecule has 4 heteroatoms. The molecule has 0 aliphatic rings. The van der Waals surface area contributed by atoms with Crippen LogP contribution in [0, 0.1) is 0 Å². The quantitative estimate of drug-likeness (QED) is 0.881. The van der Waals surface area contributed by atoms with Gasteiger partial charge in [0, 0.05) is 24.5 Å². The minimum atomic E-state index is 0.502. The van der Waals surface area contributed by atoms with E-state index in [4.69, 9.17) is 5.73 Å². The number of pyridine rings is 1. The van der Waals surface area contributed by atoms with Crippen LogP contribution in [0.15, 0.2) is 35.7 Å². The highest BCUT2D eigenvalue weighted by molar-refractivity contribution is 7.09. The van der Waals surface area contributed by atoms with Gasteiger partial charge >= 0.3 is 0 Å². The topological polar surface area (TPSA) is 42.1 Å². The van der Waals surface area contributed by atoms with E-state index in [0.29, 0.717) is 6.54 Å². The second-order valence-corrected chi connectivity index (χ2v) is 5.11. The maximum atomic E-state index is 5.58. The SMILES string of the molecule is CN(Cc1cccc(CN)n1)Cc1cccs1. The monoisotopic (exact) mass is 247 g/mol. The average Bonchev–Trinajstić information content (AvgIpc) is 2.82. The fourth-order valence-electron chi connectivity index (χ4n) is 1.73. The number of thiophene rings is 1. The molecule has 0 aliphatic carbocycles. The molecule has 0 amide bonds. The largest absolute Gasteiger partial charge is 0.325 e. The van der Waals surface area contributed by atoms with Crippen LogP contribution in [-0.2, 0) is 19.6 Å². The molecule has 0 fully saturated rings. The van der Waals surface area contributed by atoms with Crippen molar-refractivity contribution in [1.29, 1.82) is 0 Å². The summed E-state index contributed by atoms with van der Waals surface area (Å²) in [7, 11) is 2.11. The van der Waals surface area contributed by atoms with Gasteiger partial charge in [0.25, 0.3) is 0 Å². The zero-order valence-electron chi connectivity index (χ0n) is 9.97. The lowest BCUT2D eigenvalue weighted by Gasteiger charge is -2.15. The van der Waals surface area contributed by atoms with Crippen LogP contribution in [0.1, 0.15) is 16.3 Å². The Balaban J connectivity index is 1.95. The summed E-state index contributed by atoms with van der Waals surface area (Å²) in [6, 6.07) is 10.3. The number of hydrogen-bond acceptors (Lipinski definition) is 4. The van der Waals surface area contributed by atoms with Gasteiger partial charge in [-0.25, -0.2) is 0 Å². The van der Waals surface area contributed by atoms with E-state index in [0.717, 1.165) is 24.5 Å². The van der Waals surface area contributed by atoms with Gasteiger partial charge in [0.1, 0.15) is 0 Å². The van der Waals surface area contributed by atoms with Crippen LogP contribution >= 0.6 is 11.3 Å². The highest BCUT2D eigenvalue weighted by Crippen LogP contribution is 2.12. The maximum absolute atomic E-state index is 5.58. The normalized spacial score (nSPS) is 11.0. The number of nitrogens with two attached hydrogens (primary N) is 1. The molecule has 2 heterocycles. The van der Waals surface area contributed by atoms with Gasteiger partial charge in [0.15, 0.2) is 0 Å². The Bertz CT molecular complexity index is 453. The molecular weight excluding hydrogens is 230 g/mol. The Morgan fingerprint density at radius 3 is 2.71 bits per heavy atom. The summed E-state index contributed by atoms with van der Waals surface area (Å²) in [4.78, 5) is 8.13. The third kappa shape index (κ3) is 3.63. The lowest BCUT2D eigenvalue weighted by molar-refractivity contribution is 0.317. The average molecular weight is 247 g/mol. The summed E-state index contributed by atoms with van der Waals surface area (Å²) in [5.41, 5.74) is 7.61. The van der Waals surface area contributed by atoms with E-state index in [1.807, 2.05) is 18.2 Å². The molecule has 2 rings (SSSR count). The zero-order valence-corrected chi connectivity index (χ0v) is 10.8. The van der Waals surface area contributed by atoms with Crippen LogP contribution in [0.2, 0.25) is 0 Å². The molecule has 0 unspecified atom stereocenters. The molecule has 2 aromatic rings. The van der Waals surface area contributed by atoms with Gasteiger partial charge in [-0.15, -0.1) is 11.3 Å². The van der Waals surface area contributed by atoms with E-state index < -0.39 is 0 Å². The molecule has 0 aromatic carbocycles. The molecule has 0 bridgehead atoms. The zero-order chi connectivity index (χ0) is 12.1. The predicted octanol–water partition coefficient (Wildman–Crippen LogP) is 2.23. The van der Waals surface area contributed by atoms with Crippen molar-refractivity contribution in [2.24, 2.45) is 5.73 Å². The maximum Gasteiger partial charge on any atom is 0.0547 e. The molecule has 0 saturated carbocycles. The van der Waals surface area contributed by atoms with E-state index in [1.54, 1.807) is 11.3 Å². The van der Waals surface area contributed by atoms with Crippen LogP contribution < -0.4 is 5.73 Å². The van der Waals surface area contributed by atoms with E-state index >= 15 is 0 Å². The van der Waals surface area contributed by atoms with Gasteiger partial charge in [0.2, 0.25) is 0 Å². The summed E-state index contributed by atoms with van der Waals surface area (Å²) in [5.74, 6) is 0. The molecule has 2 aromatic heterocycles. The first-order chi connectivity index (χ1) is 8.28. The van der Waals surface area contributed by atoms with Crippen LogP contribution in [-0.4, -0.2) is 16.9 Å². The minimum Gasteiger partial charge on any atom is -0.325 e. The predicted molar refractivity (Wildman–Crippen MR) is 71.6 cm³/mol. The Kier molecular flexibility index (Phi) is 4.25. The summed E-state index contributed by atoms with van der Waals surface area (Å²) in [6.45, 7) is 2.32. The lowest BCUT2D eigenvalue weighted by Crippen LogP contribution is -2.17. The van der Waals surface area contributed by atoms with Crippen molar-refractivity contribution in [2.75, 3.05) is 7.05 Å². The van der Waals surface area contributed by atoms with Gasteiger partial charge in [0.05, 0.1) is 11.4 Å². The third-order valence-electron chi connectivity index (χ3n) is 2.51. The first-order valence-corrected chi connectivity index (χ1v) is 6.51. The van der Waals surface area contributed by atoms with Crippen molar-refractivity contribution in [2.45, 2.75) is 19.6 Å². The van der Waals surface area contributed by atoms with Crippen LogP contribution in [0.5, 0.6) is 0 Å². The van der Waals surface area contributed by atoms with Gasteiger partial charge in [-0.2, -0.15) is 0 Å². The Labute approximate surface area is 106 Å². The highest BCUT2D eigenvalue weighted by Gasteiger charge is 2.04. The number of aromatic nitrogens is 1. The third-order valence-corrected chi connectivity index (χ3v) is 3.37. The van der Waals surface area contributed by atoms with Gasteiger partial charge in [-0.05, 0) is 30.6 Å². The van der Waals surface area contributed by atoms with E-state index in [9.17, 15) is 0 Å². The second kappa shape index (κ2) is 5.91. The van der Waals surface area contributed by atoms with E-state index in [-0.39, 0.29) is 0 Å². The minimum absolute atomic E-state index is 0.502. The summed E-state index contributed by atoms with van der Waals surface area (Å²) in [6.07, 6.45) is 0. The van der Waals surface area contributed by atoms with E-state index in [2.05, 4.69) is 34.4 Å². The fraction of sp³-hybridized carbons (Fsp3) is 0.308. The molecule has 2 N–H and O–H groups in total.